The minimum atomic E-state index is -1.48. The van der Waals surface area contributed by atoms with Crippen molar-refractivity contribution in [1.82, 2.24) is 0 Å². The van der Waals surface area contributed by atoms with E-state index in [1.807, 2.05) is 0 Å². The fourth-order valence-electron chi connectivity index (χ4n) is 6.72. The maximum Gasteiger partial charge on any atom is -1.00 e. The molecular formula is C42H32Cl2HfP2. The molecule has 6 aromatic carbocycles. The van der Waals surface area contributed by atoms with Gasteiger partial charge >= 0.3 is 282 Å². The second kappa shape index (κ2) is 15.6. The Morgan fingerprint density at radius 3 is 0.936 bits per heavy atom. The van der Waals surface area contributed by atoms with E-state index in [4.69, 9.17) is 0 Å². The Labute approximate surface area is 304 Å². The molecule has 228 valence electrons. The molecule has 0 saturated heterocycles. The van der Waals surface area contributed by atoms with Gasteiger partial charge in [0.05, 0.1) is 0 Å². The number of halogens is 2. The zero-order chi connectivity index (χ0) is 30.0. The average Bonchev–Trinajstić information content (AvgIpc) is 3.65. The summed E-state index contributed by atoms with van der Waals surface area (Å²) in [5, 5.41) is 9.10. The first-order valence-corrected chi connectivity index (χ1v) is 22.4. The van der Waals surface area contributed by atoms with E-state index in [2.05, 4.69) is 182 Å². The van der Waals surface area contributed by atoms with Crippen molar-refractivity contribution in [3.05, 3.63) is 203 Å². The minimum absolute atomic E-state index is 0. The van der Waals surface area contributed by atoms with Gasteiger partial charge in [-0.3, -0.25) is 0 Å². The van der Waals surface area contributed by atoms with Crippen molar-refractivity contribution >= 4 is 49.2 Å². The molecule has 2 unspecified atom stereocenters. The molecule has 0 amide bonds. The Balaban J connectivity index is 0.00000193. The molecule has 0 heterocycles. The van der Waals surface area contributed by atoms with E-state index in [9.17, 15) is 0 Å². The number of hydrogen-bond donors (Lipinski definition) is 0. The summed E-state index contributed by atoms with van der Waals surface area (Å²) in [4.78, 5) is 0. The Bertz CT molecular complexity index is 1770. The fraction of sp³-hybridized carbons (Fsp3) is 0.0476. The predicted molar refractivity (Wildman–Crippen MR) is 192 cm³/mol. The zero-order valence-electron chi connectivity index (χ0n) is 25.6. The van der Waals surface area contributed by atoms with Crippen molar-refractivity contribution in [3.63, 3.8) is 0 Å². The van der Waals surface area contributed by atoms with Crippen LogP contribution in [0.15, 0.2) is 180 Å². The Morgan fingerprint density at radius 1 is 0.340 bits per heavy atom. The van der Waals surface area contributed by atoms with E-state index in [1.165, 1.54) is 32.3 Å². The van der Waals surface area contributed by atoms with Gasteiger partial charge < -0.3 is 24.8 Å². The molecule has 0 aliphatic heterocycles. The molecule has 0 aromatic heterocycles. The summed E-state index contributed by atoms with van der Waals surface area (Å²) >= 11 is -1.48. The summed E-state index contributed by atoms with van der Waals surface area (Å²) < 4.78 is 1.05. The first-order valence-electron chi connectivity index (χ1n) is 15.5. The molecular weight excluding hydrogens is 816 g/mol. The summed E-state index contributed by atoms with van der Waals surface area (Å²) in [6.07, 6.45) is 5.17. The number of benzene rings is 6. The molecule has 0 N–H and O–H groups in total. The molecule has 0 saturated carbocycles. The van der Waals surface area contributed by atoms with Gasteiger partial charge in [-0.1, -0.05) is 0 Å². The van der Waals surface area contributed by atoms with Crippen molar-refractivity contribution in [2.24, 2.45) is 0 Å². The molecule has 8 rings (SSSR count). The normalized spacial score (nSPS) is 15.9. The second-order valence-corrected chi connectivity index (χ2v) is 21.2. The maximum atomic E-state index is 2.58. The molecule has 2 atom stereocenters. The van der Waals surface area contributed by atoms with Gasteiger partial charge in [-0.05, 0) is 0 Å². The van der Waals surface area contributed by atoms with Crippen LogP contribution in [-0.2, 0) is 22.9 Å². The number of rotatable bonds is 8. The standard InChI is InChI=1S/2C21H16P.2ClH.Hf/c2*1-3-11-19(12-4-1)22(20-13-5-2-6-14-20)21-15-17-9-7-8-10-18(17)16-21;;;/h2*1-16H;2*1H;/q;;;;+2/p-2. The summed E-state index contributed by atoms with van der Waals surface area (Å²) in [6.45, 7) is 0. The van der Waals surface area contributed by atoms with E-state index in [1.54, 1.807) is 21.8 Å². The van der Waals surface area contributed by atoms with Crippen molar-refractivity contribution in [1.29, 1.82) is 0 Å². The molecule has 0 radical (unpaired) electrons. The van der Waals surface area contributed by atoms with Crippen LogP contribution in [0.4, 0.5) is 0 Å². The van der Waals surface area contributed by atoms with Crippen molar-refractivity contribution in [3.8, 4) is 0 Å². The Morgan fingerprint density at radius 2 is 0.617 bits per heavy atom. The van der Waals surface area contributed by atoms with Gasteiger partial charge in [-0.25, -0.2) is 0 Å². The molecule has 0 fully saturated rings. The third-order valence-corrected chi connectivity index (χ3v) is 22.4. The third kappa shape index (κ3) is 6.85. The van der Waals surface area contributed by atoms with Crippen LogP contribution in [0.5, 0.6) is 0 Å². The smallest absolute Gasteiger partial charge is 1.00 e. The number of allylic oxidation sites excluding steroid dienone is 2. The second-order valence-electron chi connectivity index (χ2n) is 11.4. The van der Waals surface area contributed by atoms with E-state index < -0.39 is 38.7 Å². The monoisotopic (exact) mass is 848 g/mol. The van der Waals surface area contributed by atoms with Gasteiger partial charge in [-0.2, -0.15) is 0 Å². The molecule has 0 spiro atoms. The molecule has 2 aliphatic rings. The van der Waals surface area contributed by atoms with Crippen LogP contribution >= 0.6 is 15.8 Å². The first kappa shape index (κ1) is 34.0. The summed E-state index contributed by atoms with van der Waals surface area (Å²) in [5.41, 5.74) is 5.97. The van der Waals surface area contributed by atoms with Crippen LogP contribution in [0.1, 0.15) is 29.6 Å². The zero-order valence-corrected chi connectivity index (χ0v) is 32.5. The minimum Gasteiger partial charge on any atom is -1.00 e. The van der Waals surface area contributed by atoms with Gasteiger partial charge in [0.1, 0.15) is 0 Å². The number of hydrogen-bond acceptors (Lipinski definition) is 0. The van der Waals surface area contributed by atoms with E-state index in [0.29, 0.717) is 7.35 Å². The van der Waals surface area contributed by atoms with E-state index >= 15 is 0 Å². The fourth-order valence-corrected chi connectivity index (χ4v) is 21.9. The van der Waals surface area contributed by atoms with Crippen molar-refractivity contribution < 1.29 is 47.7 Å². The van der Waals surface area contributed by atoms with Crippen LogP contribution in [0.2, 0.25) is 0 Å². The molecule has 5 heteroatoms. The topological polar surface area (TPSA) is 0 Å². The largest absolute Gasteiger partial charge is 1.00 e. The maximum absolute atomic E-state index is 2.58. The molecule has 0 nitrogen and oxygen atoms in total. The summed E-state index contributed by atoms with van der Waals surface area (Å²) in [6, 6.07) is 63.7. The molecule has 6 aromatic rings. The Hall–Kier alpha value is -2.89. The average molecular weight is 848 g/mol. The SMILES string of the molecule is C1=C(P(c2ccccc2)c2ccccc2)[CH]([Hf+2][CH]2C(P(c3ccccc3)c3ccccc3)=Cc3ccccc32)c2ccccc21.[Cl-].[Cl-]. The van der Waals surface area contributed by atoms with Crippen LogP contribution in [0.3, 0.4) is 0 Å². The van der Waals surface area contributed by atoms with E-state index in [0.717, 1.165) is 0 Å². The van der Waals surface area contributed by atoms with Gasteiger partial charge in [0.2, 0.25) is 0 Å². The van der Waals surface area contributed by atoms with Crippen LogP contribution in [0, 0.1) is 0 Å². The van der Waals surface area contributed by atoms with Crippen molar-refractivity contribution in [2.75, 3.05) is 0 Å². The van der Waals surface area contributed by atoms with Crippen LogP contribution < -0.4 is 46.0 Å². The van der Waals surface area contributed by atoms with E-state index in [-0.39, 0.29) is 24.8 Å². The number of fused-ring (bicyclic) bond motifs is 2. The van der Waals surface area contributed by atoms with Crippen molar-refractivity contribution in [2.45, 2.75) is 7.35 Å². The summed E-state index contributed by atoms with van der Waals surface area (Å²) in [7, 11) is -1.29. The van der Waals surface area contributed by atoms with Crippen LogP contribution in [-0.4, -0.2) is 0 Å². The third-order valence-electron chi connectivity index (χ3n) is 8.72. The predicted octanol–water partition coefficient (Wildman–Crippen LogP) is 3.53. The van der Waals surface area contributed by atoms with Crippen LogP contribution in [0.25, 0.3) is 12.2 Å². The Kier molecular flexibility index (Phi) is 11.2. The van der Waals surface area contributed by atoms with Gasteiger partial charge in [0.15, 0.2) is 0 Å². The summed E-state index contributed by atoms with van der Waals surface area (Å²) in [5.74, 6) is 0. The molecule has 0 bridgehead atoms. The molecule has 47 heavy (non-hydrogen) atoms. The van der Waals surface area contributed by atoms with Gasteiger partial charge in [0, 0.05) is 0 Å². The first-order chi connectivity index (χ1) is 22.3. The van der Waals surface area contributed by atoms with Gasteiger partial charge in [0.25, 0.3) is 0 Å². The molecule has 2 aliphatic carbocycles. The quantitative estimate of drug-likeness (QED) is 0.163. The van der Waals surface area contributed by atoms with Gasteiger partial charge in [-0.15, -0.1) is 0 Å².